The lowest BCUT2D eigenvalue weighted by atomic mass is 9.98. The first-order chi connectivity index (χ1) is 24.4. The zero-order chi connectivity index (χ0) is 36.5. The molecule has 0 spiro atoms. The van der Waals surface area contributed by atoms with Crippen molar-refractivity contribution in [3.8, 4) is 11.1 Å². The molecule has 0 unspecified atom stereocenters. The number of esters is 1. The molecule has 268 valence electrons. The maximum absolute atomic E-state index is 14.0. The summed E-state index contributed by atoms with van der Waals surface area (Å²) in [5, 5.41) is 8.42. The van der Waals surface area contributed by atoms with Gasteiger partial charge in [-0.3, -0.25) is 9.59 Å². The van der Waals surface area contributed by atoms with Gasteiger partial charge in [-0.2, -0.15) is 0 Å². The summed E-state index contributed by atoms with van der Waals surface area (Å²) in [5.74, 6) is -2.13. The Bertz CT molecular complexity index is 1760. The second-order valence-electron chi connectivity index (χ2n) is 14.0. The van der Waals surface area contributed by atoms with Gasteiger partial charge in [-0.05, 0) is 54.5 Å². The molecule has 3 amide bonds. The fourth-order valence-corrected chi connectivity index (χ4v) is 6.23. The first-order valence-corrected chi connectivity index (χ1v) is 17.4. The van der Waals surface area contributed by atoms with Crippen LogP contribution in [0.15, 0.2) is 91.4 Å². The minimum absolute atomic E-state index is 0.0577. The number of H-pyrrole nitrogens is 1. The van der Waals surface area contributed by atoms with Gasteiger partial charge in [-0.1, -0.05) is 99.1 Å². The maximum Gasteiger partial charge on any atom is 0.407 e. The van der Waals surface area contributed by atoms with Gasteiger partial charge in [0, 0.05) is 30.7 Å². The van der Waals surface area contributed by atoms with E-state index in [1.807, 2.05) is 80.6 Å². The van der Waals surface area contributed by atoms with Gasteiger partial charge in [0.25, 0.3) is 0 Å². The van der Waals surface area contributed by atoms with Crippen LogP contribution in [0.1, 0.15) is 69.3 Å². The summed E-state index contributed by atoms with van der Waals surface area (Å²) in [6.07, 6.45) is 3.08. The maximum atomic E-state index is 14.0. The fourth-order valence-electron chi connectivity index (χ4n) is 6.23. The summed E-state index contributed by atoms with van der Waals surface area (Å²) in [4.78, 5) is 61.5. The number of alkyl carbamates (subject to hydrolysis) is 1. The third-order valence-corrected chi connectivity index (χ3v) is 9.02. The fraction of sp³-hybridized carbons (Fsp3) is 0.375. The number of ether oxygens (including phenoxy) is 2. The summed E-state index contributed by atoms with van der Waals surface area (Å²) in [5.41, 5.74) is 4.98. The molecule has 5 rings (SSSR count). The van der Waals surface area contributed by atoms with Crippen LogP contribution in [0.2, 0.25) is 0 Å². The van der Waals surface area contributed by atoms with E-state index in [2.05, 4.69) is 38.1 Å². The van der Waals surface area contributed by atoms with E-state index in [4.69, 9.17) is 9.47 Å². The topological polar surface area (TPSA) is 152 Å². The van der Waals surface area contributed by atoms with Crippen molar-refractivity contribution in [2.24, 2.45) is 5.92 Å². The summed E-state index contributed by atoms with van der Waals surface area (Å²) in [6, 6.07) is 22.2. The molecular weight excluding hydrogens is 646 g/mol. The van der Waals surface area contributed by atoms with Crippen molar-refractivity contribution in [3.63, 3.8) is 0 Å². The monoisotopic (exact) mass is 693 g/mol. The molecule has 0 fully saturated rings. The summed E-state index contributed by atoms with van der Waals surface area (Å²) < 4.78 is 11.4. The number of amides is 3. The van der Waals surface area contributed by atoms with Crippen LogP contribution in [0.4, 0.5) is 4.79 Å². The zero-order valence-electron chi connectivity index (χ0n) is 29.8. The highest BCUT2D eigenvalue weighted by molar-refractivity contribution is 5.93. The van der Waals surface area contributed by atoms with Crippen LogP contribution in [0.5, 0.6) is 0 Å². The molecule has 1 heterocycles. The molecule has 0 radical (unpaired) electrons. The Balaban J connectivity index is 1.33. The smallest absolute Gasteiger partial charge is 0.407 e. The Morgan fingerprint density at radius 3 is 1.98 bits per heavy atom. The molecule has 1 aliphatic carbocycles. The van der Waals surface area contributed by atoms with E-state index < -0.39 is 47.6 Å². The SMILES string of the molecule is CC[C@H](C)[C@H](NC(=O)[C@H](Cc1cnc[nH]1)NC(=O)[C@H](Cc1ccccc1)NC(=O)OCC1c2ccccc2-c2ccccc21)C(=O)OC(C)(C)C. The van der Waals surface area contributed by atoms with Gasteiger partial charge >= 0.3 is 12.1 Å². The van der Waals surface area contributed by atoms with Crippen molar-refractivity contribution >= 4 is 23.9 Å². The van der Waals surface area contributed by atoms with Crippen molar-refractivity contribution < 1.29 is 28.7 Å². The van der Waals surface area contributed by atoms with Crippen LogP contribution < -0.4 is 16.0 Å². The van der Waals surface area contributed by atoms with Crippen molar-refractivity contribution in [2.45, 2.75) is 83.5 Å². The number of nitrogens with zero attached hydrogens (tertiary/aromatic N) is 1. The number of imidazole rings is 1. The van der Waals surface area contributed by atoms with Crippen LogP contribution in [-0.2, 0) is 36.7 Å². The van der Waals surface area contributed by atoms with E-state index in [1.165, 1.54) is 6.33 Å². The van der Waals surface area contributed by atoms with Gasteiger partial charge in [0.05, 0.1) is 6.33 Å². The van der Waals surface area contributed by atoms with Gasteiger partial charge in [0.15, 0.2) is 0 Å². The number of fused-ring (bicyclic) bond motifs is 3. The molecular formula is C40H47N5O6. The molecule has 0 aliphatic heterocycles. The molecule has 0 saturated carbocycles. The number of benzene rings is 3. The van der Waals surface area contributed by atoms with Crippen LogP contribution in [0.3, 0.4) is 0 Å². The lowest BCUT2D eigenvalue weighted by molar-refractivity contribution is -0.160. The van der Waals surface area contributed by atoms with Gasteiger partial charge < -0.3 is 30.4 Å². The standard InChI is InChI=1S/C40H47N5O6/c1-6-25(2)35(38(48)51-40(3,4)5)45-37(47)34(21-27-22-41-24-42-27)43-36(46)33(20-26-14-8-7-9-15-26)44-39(49)50-23-32-30-18-12-10-16-28(30)29-17-11-13-19-31(29)32/h7-19,22,24-25,32-35H,6,20-21,23H2,1-5H3,(H,41,42)(H,43,46)(H,44,49)(H,45,47)/t25-,33-,34-,35-/m0/s1. The number of rotatable bonds is 14. The minimum Gasteiger partial charge on any atom is -0.458 e. The molecule has 11 nitrogen and oxygen atoms in total. The normalized spacial score (nSPS) is 14.6. The molecule has 1 aliphatic rings. The second-order valence-corrected chi connectivity index (χ2v) is 14.0. The Labute approximate surface area is 298 Å². The first-order valence-electron chi connectivity index (χ1n) is 17.4. The number of aromatic nitrogens is 2. The van der Waals surface area contributed by atoms with Crippen LogP contribution in [-0.4, -0.2) is 64.2 Å². The third-order valence-electron chi connectivity index (χ3n) is 9.02. The van der Waals surface area contributed by atoms with E-state index in [0.717, 1.165) is 27.8 Å². The number of hydrogen-bond acceptors (Lipinski definition) is 7. The average molecular weight is 694 g/mol. The van der Waals surface area contributed by atoms with Crippen molar-refractivity contribution in [1.29, 1.82) is 0 Å². The molecule has 51 heavy (non-hydrogen) atoms. The number of aromatic amines is 1. The Kier molecular flexibility index (Phi) is 11.9. The predicted molar refractivity (Wildman–Crippen MR) is 194 cm³/mol. The molecule has 1 aromatic heterocycles. The Morgan fingerprint density at radius 1 is 0.804 bits per heavy atom. The lowest BCUT2D eigenvalue weighted by Gasteiger charge is -2.29. The summed E-state index contributed by atoms with van der Waals surface area (Å²) in [6.45, 7) is 9.13. The third kappa shape index (κ3) is 9.62. The van der Waals surface area contributed by atoms with E-state index in [0.29, 0.717) is 12.1 Å². The van der Waals surface area contributed by atoms with Crippen molar-refractivity contribution in [2.75, 3.05) is 6.61 Å². The number of carbonyl (C=O) groups excluding carboxylic acids is 4. The number of hydrogen-bond donors (Lipinski definition) is 4. The number of carbonyl (C=O) groups is 4. The highest BCUT2D eigenvalue weighted by atomic mass is 16.6. The number of nitrogens with one attached hydrogen (secondary N) is 4. The predicted octanol–water partition coefficient (Wildman–Crippen LogP) is 5.46. The first kappa shape index (κ1) is 36.8. The Hall–Kier alpha value is -5.45. The minimum atomic E-state index is -1.12. The largest absolute Gasteiger partial charge is 0.458 e. The van der Waals surface area contributed by atoms with Crippen molar-refractivity contribution in [1.82, 2.24) is 25.9 Å². The molecule has 3 aromatic carbocycles. The highest BCUT2D eigenvalue weighted by Gasteiger charge is 2.35. The van der Waals surface area contributed by atoms with E-state index in [9.17, 15) is 19.2 Å². The molecule has 4 N–H and O–H groups in total. The molecule has 0 saturated heterocycles. The summed E-state index contributed by atoms with van der Waals surface area (Å²) in [7, 11) is 0. The summed E-state index contributed by atoms with van der Waals surface area (Å²) >= 11 is 0. The molecule has 4 atom stereocenters. The second kappa shape index (κ2) is 16.5. The van der Waals surface area contributed by atoms with E-state index >= 15 is 0 Å². The van der Waals surface area contributed by atoms with Gasteiger partial charge in [-0.25, -0.2) is 14.6 Å². The van der Waals surface area contributed by atoms with Crippen LogP contribution >= 0.6 is 0 Å². The molecule has 0 bridgehead atoms. The van der Waals surface area contributed by atoms with E-state index in [-0.39, 0.29) is 31.3 Å². The Morgan fingerprint density at radius 2 is 1.39 bits per heavy atom. The average Bonchev–Trinajstić information content (AvgIpc) is 3.74. The van der Waals surface area contributed by atoms with Gasteiger partial charge in [0.1, 0.15) is 30.3 Å². The molecule has 11 heteroatoms. The molecule has 4 aromatic rings. The van der Waals surface area contributed by atoms with E-state index in [1.54, 1.807) is 27.0 Å². The van der Waals surface area contributed by atoms with Crippen LogP contribution in [0, 0.1) is 5.92 Å². The lowest BCUT2D eigenvalue weighted by Crippen LogP contribution is -2.58. The van der Waals surface area contributed by atoms with Gasteiger partial charge in [0.2, 0.25) is 11.8 Å². The highest BCUT2D eigenvalue weighted by Crippen LogP contribution is 2.44. The van der Waals surface area contributed by atoms with Crippen LogP contribution in [0.25, 0.3) is 11.1 Å². The van der Waals surface area contributed by atoms with Crippen molar-refractivity contribution in [3.05, 3.63) is 114 Å². The quantitative estimate of drug-likeness (QED) is 0.128. The van der Waals surface area contributed by atoms with Gasteiger partial charge in [-0.15, -0.1) is 0 Å². The zero-order valence-corrected chi connectivity index (χ0v) is 29.8.